The van der Waals surface area contributed by atoms with Gasteiger partial charge >= 0.3 is 6.18 Å². The molecule has 0 unspecified atom stereocenters. The largest absolute Gasteiger partial charge is 0.467 e. The zero-order chi connectivity index (χ0) is 20.9. The molecule has 0 spiro atoms. The lowest BCUT2D eigenvalue weighted by atomic mass is 10.1. The van der Waals surface area contributed by atoms with Gasteiger partial charge in [-0.05, 0) is 35.9 Å². The van der Waals surface area contributed by atoms with Gasteiger partial charge in [0, 0.05) is 0 Å². The molecule has 1 heterocycles. The van der Waals surface area contributed by atoms with Crippen LogP contribution in [0.5, 0.6) is 0 Å². The first-order valence-electron chi connectivity index (χ1n) is 8.68. The number of amides is 2. The summed E-state index contributed by atoms with van der Waals surface area (Å²) in [5, 5.41) is 5.27. The summed E-state index contributed by atoms with van der Waals surface area (Å²) < 4.78 is 43.6. The lowest BCUT2D eigenvalue weighted by Gasteiger charge is -2.12. The molecule has 8 heteroatoms. The van der Waals surface area contributed by atoms with E-state index in [-0.39, 0.29) is 29.8 Å². The van der Waals surface area contributed by atoms with Crippen LogP contribution in [0, 0.1) is 0 Å². The predicted octanol–water partition coefficient (Wildman–Crippen LogP) is 4.41. The number of hydrogen-bond donors (Lipinski definition) is 2. The van der Waals surface area contributed by atoms with E-state index in [0.717, 1.165) is 12.1 Å². The summed E-state index contributed by atoms with van der Waals surface area (Å²) >= 11 is 0. The van der Waals surface area contributed by atoms with E-state index in [9.17, 15) is 22.8 Å². The van der Waals surface area contributed by atoms with E-state index in [2.05, 4.69) is 10.6 Å². The summed E-state index contributed by atoms with van der Waals surface area (Å²) in [5.41, 5.74) is -0.101. The number of alkyl halides is 3. The topological polar surface area (TPSA) is 71.3 Å². The van der Waals surface area contributed by atoms with Crippen LogP contribution in [0.25, 0.3) is 0 Å². The number of halogens is 3. The second-order valence-electron chi connectivity index (χ2n) is 6.23. The molecule has 0 atom stereocenters. The second kappa shape index (κ2) is 8.64. The van der Waals surface area contributed by atoms with Gasteiger partial charge in [0.1, 0.15) is 5.76 Å². The van der Waals surface area contributed by atoms with E-state index >= 15 is 0 Å². The maximum atomic E-state index is 12.8. The van der Waals surface area contributed by atoms with Gasteiger partial charge in [0.25, 0.3) is 5.91 Å². The first-order chi connectivity index (χ1) is 13.8. The molecular weight excluding hydrogens is 385 g/mol. The average molecular weight is 402 g/mol. The number of para-hydroxylation sites is 1. The number of nitrogens with one attached hydrogen (secondary N) is 2. The number of anilines is 1. The van der Waals surface area contributed by atoms with Gasteiger partial charge in [-0.3, -0.25) is 9.59 Å². The summed E-state index contributed by atoms with van der Waals surface area (Å²) in [7, 11) is 0. The van der Waals surface area contributed by atoms with E-state index in [1.807, 2.05) is 0 Å². The Labute approximate surface area is 164 Å². The fourth-order valence-electron chi connectivity index (χ4n) is 2.70. The Balaban J connectivity index is 1.67. The van der Waals surface area contributed by atoms with Gasteiger partial charge in [-0.2, -0.15) is 13.2 Å². The molecule has 0 bridgehead atoms. The molecule has 2 N–H and O–H groups in total. The maximum Gasteiger partial charge on any atom is 0.416 e. The molecule has 0 aliphatic rings. The van der Waals surface area contributed by atoms with Crippen LogP contribution in [-0.2, 0) is 23.9 Å². The van der Waals surface area contributed by atoms with Crippen LogP contribution in [0.4, 0.5) is 18.9 Å². The van der Waals surface area contributed by atoms with Gasteiger partial charge in [0.2, 0.25) is 5.91 Å². The number of benzene rings is 2. The monoisotopic (exact) mass is 402 g/mol. The van der Waals surface area contributed by atoms with Gasteiger partial charge in [0.05, 0.1) is 36.0 Å². The number of carbonyl (C=O) groups excluding carboxylic acids is 2. The van der Waals surface area contributed by atoms with Crippen molar-refractivity contribution in [1.29, 1.82) is 0 Å². The zero-order valence-electron chi connectivity index (χ0n) is 15.1. The molecule has 3 aromatic rings. The smallest absolute Gasteiger partial charge is 0.416 e. The van der Waals surface area contributed by atoms with Crippen LogP contribution in [0.2, 0.25) is 0 Å². The van der Waals surface area contributed by atoms with Crippen molar-refractivity contribution in [2.24, 2.45) is 0 Å². The molecule has 0 aliphatic carbocycles. The Morgan fingerprint density at radius 2 is 1.76 bits per heavy atom. The molecule has 1 aromatic heterocycles. The Morgan fingerprint density at radius 3 is 2.48 bits per heavy atom. The van der Waals surface area contributed by atoms with Crippen LogP contribution in [0.3, 0.4) is 0 Å². The molecule has 0 saturated carbocycles. The summed E-state index contributed by atoms with van der Waals surface area (Å²) in [6.07, 6.45) is -3.25. The van der Waals surface area contributed by atoms with Crippen molar-refractivity contribution in [2.45, 2.75) is 19.1 Å². The fraction of sp³-hybridized carbons (Fsp3) is 0.143. The van der Waals surface area contributed by atoms with Crippen molar-refractivity contribution < 1.29 is 27.2 Å². The maximum absolute atomic E-state index is 12.8. The molecule has 0 fully saturated rings. The molecule has 150 valence electrons. The molecule has 3 rings (SSSR count). The van der Waals surface area contributed by atoms with Gasteiger partial charge in [-0.1, -0.05) is 30.3 Å². The van der Waals surface area contributed by atoms with Crippen LogP contribution in [0.15, 0.2) is 71.3 Å². The van der Waals surface area contributed by atoms with E-state index in [4.69, 9.17) is 4.42 Å². The minimum atomic E-state index is -4.48. The SMILES string of the molecule is O=C(Cc1cccc(C(F)(F)F)c1)Nc1ccccc1C(=O)NCc1ccco1. The Morgan fingerprint density at radius 1 is 0.966 bits per heavy atom. The third-order valence-corrected chi connectivity index (χ3v) is 4.07. The van der Waals surface area contributed by atoms with E-state index in [1.54, 1.807) is 30.3 Å². The summed E-state index contributed by atoms with van der Waals surface area (Å²) in [4.78, 5) is 24.7. The third kappa shape index (κ3) is 5.47. The van der Waals surface area contributed by atoms with E-state index in [0.29, 0.717) is 5.76 Å². The first kappa shape index (κ1) is 20.2. The number of furan rings is 1. The van der Waals surface area contributed by atoms with Crippen LogP contribution < -0.4 is 10.6 Å². The Bertz CT molecular complexity index is 998. The van der Waals surface area contributed by atoms with Crippen LogP contribution in [0.1, 0.15) is 27.2 Å². The number of carbonyl (C=O) groups is 2. The summed E-state index contributed by atoms with van der Waals surface area (Å²) in [6.45, 7) is 0.179. The molecule has 29 heavy (non-hydrogen) atoms. The highest BCUT2D eigenvalue weighted by Gasteiger charge is 2.30. The lowest BCUT2D eigenvalue weighted by Crippen LogP contribution is -2.25. The van der Waals surface area contributed by atoms with E-state index in [1.165, 1.54) is 24.5 Å². The van der Waals surface area contributed by atoms with Crippen molar-refractivity contribution in [3.8, 4) is 0 Å². The van der Waals surface area contributed by atoms with Gasteiger partial charge < -0.3 is 15.1 Å². The number of rotatable bonds is 6. The molecular formula is C21H17F3N2O3. The number of hydrogen-bond acceptors (Lipinski definition) is 3. The molecule has 5 nitrogen and oxygen atoms in total. The second-order valence-corrected chi connectivity index (χ2v) is 6.23. The molecule has 0 aliphatic heterocycles. The predicted molar refractivity (Wildman–Crippen MR) is 100 cm³/mol. The third-order valence-electron chi connectivity index (χ3n) is 4.07. The van der Waals surface area contributed by atoms with Crippen LogP contribution in [-0.4, -0.2) is 11.8 Å². The average Bonchev–Trinajstić information content (AvgIpc) is 3.19. The molecule has 0 saturated heterocycles. The minimum absolute atomic E-state index is 0.179. The highest BCUT2D eigenvalue weighted by atomic mass is 19.4. The van der Waals surface area contributed by atoms with Gasteiger partial charge in [-0.25, -0.2) is 0 Å². The summed E-state index contributed by atoms with van der Waals surface area (Å²) in [5.74, 6) is -0.378. The summed E-state index contributed by atoms with van der Waals surface area (Å²) in [6, 6.07) is 14.4. The van der Waals surface area contributed by atoms with Crippen molar-refractivity contribution in [3.63, 3.8) is 0 Å². The van der Waals surface area contributed by atoms with Crippen molar-refractivity contribution in [1.82, 2.24) is 5.32 Å². The quantitative estimate of drug-likeness (QED) is 0.642. The van der Waals surface area contributed by atoms with Crippen molar-refractivity contribution >= 4 is 17.5 Å². The zero-order valence-corrected chi connectivity index (χ0v) is 15.1. The molecule has 0 radical (unpaired) electrons. The van der Waals surface area contributed by atoms with Crippen molar-refractivity contribution in [3.05, 3.63) is 89.4 Å². The van der Waals surface area contributed by atoms with Crippen LogP contribution >= 0.6 is 0 Å². The fourth-order valence-corrected chi connectivity index (χ4v) is 2.70. The highest BCUT2D eigenvalue weighted by molar-refractivity contribution is 6.04. The standard InChI is InChI=1S/C21H17F3N2O3/c22-21(23,24)15-6-3-5-14(11-15)12-19(27)26-18-9-2-1-8-17(18)20(28)25-13-16-7-4-10-29-16/h1-11H,12-13H2,(H,25,28)(H,26,27). The van der Waals surface area contributed by atoms with Crippen molar-refractivity contribution in [2.75, 3.05) is 5.32 Å². The normalized spacial score (nSPS) is 11.1. The van der Waals surface area contributed by atoms with Gasteiger partial charge in [0.15, 0.2) is 0 Å². The first-order valence-corrected chi connectivity index (χ1v) is 8.68. The minimum Gasteiger partial charge on any atom is -0.467 e. The molecule has 2 aromatic carbocycles. The van der Waals surface area contributed by atoms with Gasteiger partial charge in [-0.15, -0.1) is 0 Å². The van der Waals surface area contributed by atoms with E-state index < -0.39 is 23.6 Å². The Kier molecular flexibility index (Phi) is 6.01. The lowest BCUT2D eigenvalue weighted by molar-refractivity contribution is -0.137. The molecule has 2 amide bonds. The Hall–Kier alpha value is -3.55. The highest BCUT2D eigenvalue weighted by Crippen LogP contribution is 2.29.